The molecule has 7 nitrogen and oxygen atoms in total. The van der Waals surface area contributed by atoms with Crippen LogP contribution in [0.25, 0.3) is 0 Å². The summed E-state index contributed by atoms with van der Waals surface area (Å²) < 4.78 is 68.0. The van der Waals surface area contributed by atoms with Gasteiger partial charge in [-0.05, 0) is 24.3 Å². The van der Waals surface area contributed by atoms with Gasteiger partial charge >= 0.3 is 12.3 Å². The summed E-state index contributed by atoms with van der Waals surface area (Å²) in [6.45, 7) is -0.128. The molecule has 0 aromatic heterocycles. The van der Waals surface area contributed by atoms with Gasteiger partial charge in [-0.15, -0.1) is 0 Å². The third-order valence-electron chi connectivity index (χ3n) is 4.02. The average Bonchev–Trinajstić information content (AvgIpc) is 2.80. The minimum Gasteiger partial charge on any atom is -0.439 e. The minimum absolute atomic E-state index is 0.0523. The van der Waals surface area contributed by atoms with Crippen molar-refractivity contribution in [2.45, 2.75) is 11.1 Å². The highest BCUT2D eigenvalue weighted by atomic mass is 32.2. The number of carbonyl (C=O) groups excluding carboxylic acids is 2. The molecule has 2 saturated heterocycles. The largest absolute Gasteiger partial charge is 0.439 e. The quantitative estimate of drug-likeness (QED) is 0.789. The molecule has 0 unspecified atom stereocenters. The van der Waals surface area contributed by atoms with Crippen molar-refractivity contribution >= 4 is 22.0 Å². The Morgan fingerprint density at radius 1 is 1.12 bits per heavy atom. The van der Waals surface area contributed by atoms with Crippen LogP contribution in [0.1, 0.15) is 5.56 Å². The number of amides is 2. The fraction of sp³-hybridized carbons (Fsp3) is 0.429. The van der Waals surface area contributed by atoms with Gasteiger partial charge in [0.25, 0.3) is 5.91 Å². The van der Waals surface area contributed by atoms with Crippen LogP contribution in [0.5, 0.6) is 0 Å². The number of nitrogens with zero attached hydrogens (tertiary/aromatic N) is 2. The summed E-state index contributed by atoms with van der Waals surface area (Å²) in [4.78, 5) is 23.4. The van der Waals surface area contributed by atoms with Crippen LogP contribution in [-0.4, -0.2) is 55.9 Å². The van der Waals surface area contributed by atoms with E-state index in [0.29, 0.717) is 12.1 Å². The summed E-state index contributed by atoms with van der Waals surface area (Å²) in [5.41, 5.74) is -0.931. The maximum atomic E-state index is 12.5. The Balaban J connectivity index is 1.63. The van der Waals surface area contributed by atoms with E-state index < -0.39 is 33.8 Å². The van der Waals surface area contributed by atoms with Crippen molar-refractivity contribution < 1.29 is 35.9 Å². The maximum Gasteiger partial charge on any atom is 0.417 e. The number of hydrogen-bond acceptors (Lipinski definition) is 5. The topological polar surface area (TPSA) is 84.0 Å². The fourth-order valence-corrected chi connectivity index (χ4v) is 4.21. The standard InChI is InChI=1S/C14H13F3N2O5S/c15-14(16,17)10-1-3-11(4-2-10)25(22,23)18-5-9(6-18)7-19-12(20)8-24-13(19)21/h1-4,9H,5-8H2. The first-order valence-electron chi connectivity index (χ1n) is 7.23. The van der Waals surface area contributed by atoms with Crippen LogP contribution >= 0.6 is 0 Å². The molecule has 2 amide bonds. The molecule has 1 aromatic rings. The minimum atomic E-state index is -4.54. The van der Waals surface area contributed by atoms with Gasteiger partial charge in [-0.25, -0.2) is 18.1 Å². The Morgan fingerprint density at radius 2 is 1.72 bits per heavy atom. The molecule has 0 atom stereocenters. The summed E-state index contributed by atoms with van der Waals surface area (Å²) in [5, 5.41) is 0. The number of cyclic esters (lactones) is 1. The van der Waals surface area contributed by atoms with Crippen LogP contribution in [0.15, 0.2) is 29.2 Å². The van der Waals surface area contributed by atoms with Crippen LogP contribution in [0.2, 0.25) is 0 Å². The number of benzene rings is 1. The number of hydrogen-bond donors (Lipinski definition) is 0. The van der Waals surface area contributed by atoms with E-state index in [9.17, 15) is 31.2 Å². The van der Waals surface area contributed by atoms with Gasteiger partial charge in [0.1, 0.15) is 0 Å². The van der Waals surface area contributed by atoms with Crippen LogP contribution in [-0.2, 0) is 25.7 Å². The second-order valence-electron chi connectivity index (χ2n) is 5.77. The molecule has 2 heterocycles. The van der Waals surface area contributed by atoms with Gasteiger partial charge in [0.15, 0.2) is 6.61 Å². The molecule has 0 radical (unpaired) electrons. The Bertz CT molecular complexity index is 785. The molecule has 11 heteroatoms. The first kappa shape index (κ1) is 17.7. The zero-order valence-electron chi connectivity index (χ0n) is 12.7. The molecule has 0 N–H and O–H groups in total. The summed E-state index contributed by atoms with van der Waals surface area (Å²) in [7, 11) is -3.91. The van der Waals surface area contributed by atoms with Crippen molar-refractivity contribution in [3.05, 3.63) is 29.8 Å². The van der Waals surface area contributed by atoms with E-state index in [1.807, 2.05) is 0 Å². The Hall–Kier alpha value is -2.14. The van der Waals surface area contributed by atoms with Gasteiger partial charge in [0.2, 0.25) is 10.0 Å². The number of imide groups is 1. The number of rotatable bonds is 4. The number of carbonyl (C=O) groups is 2. The number of halogens is 3. The van der Waals surface area contributed by atoms with Gasteiger partial charge in [-0.2, -0.15) is 17.5 Å². The third kappa shape index (κ3) is 3.33. The molecule has 136 valence electrons. The van der Waals surface area contributed by atoms with E-state index in [0.717, 1.165) is 21.3 Å². The molecule has 25 heavy (non-hydrogen) atoms. The van der Waals surface area contributed by atoms with E-state index >= 15 is 0 Å². The lowest BCUT2D eigenvalue weighted by molar-refractivity contribution is -0.137. The van der Waals surface area contributed by atoms with Gasteiger partial charge in [0.05, 0.1) is 10.5 Å². The lowest BCUT2D eigenvalue weighted by Crippen LogP contribution is -2.54. The second-order valence-corrected chi connectivity index (χ2v) is 7.71. The first-order valence-corrected chi connectivity index (χ1v) is 8.67. The summed E-state index contributed by atoms with van der Waals surface area (Å²) in [6, 6.07) is 3.24. The fourth-order valence-electron chi connectivity index (χ4n) is 2.61. The Labute approximate surface area is 141 Å². The third-order valence-corrected chi connectivity index (χ3v) is 5.87. The monoisotopic (exact) mass is 378 g/mol. The zero-order chi connectivity index (χ0) is 18.4. The Kier molecular flexibility index (Phi) is 4.23. The van der Waals surface area contributed by atoms with Crippen LogP contribution < -0.4 is 0 Å². The molecule has 0 spiro atoms. The van der Waals surface area contributed by atoms with Gasteiger partial charge in [-0.1, -0.05) is 0 Å². The van der Waals surface area contributed by atoms with Gasteiger partial charge in [0, 0.05) is 25.6 Å². The SMILES string of the molecule is O=C1COC(=O)N1CC1CN(S(=O)(=O)c2ccc(C(F)(F)F)cc2)C1. The zero-order valence-corrected chi connectivity index (χ0v) is 13.5. The first-order chi connectivity index (χ1) is 11.6. The smallest absolute Gasteiger partial charge is 0.417 e. The van der Waals surface area contributed by atoms with Gasteiger partial charge < -0.3 is 4.74 Å². The van der Waals surface area contributed by atoms with Gasteiger partial charge in [-0.3, -0.25) is 4.79 Å². The molecule has 0 aliphatic carbocycles. The maximum absolute atomic E-state index is 12.5. The highest BCUT2D eigenvalue weighted by Gasteiger charge is 2.41. The van der Waals surface area contributed by atoms with Crippen molar-refractivity contribution in [1.82, 2.24) is 9.21 Å². The molecule has 0 saturated carbocycles. The number of ether oxygens (including phenoxy) is 1. The predicted molar refractivity (Wildman–Crippen MR) is 76.8 cm³/mol. The van der Waals surface area contributed by atoms with Crippen LogP contribution in [0, 0.1) is 5.92 Å². The molecule has 2 aliphatic rings. The summed E-state index contributed by atoms with van der Waals surface area (Å²) in [5.74, 6) is -0.715. The lowest BCUT2D eigenvalue weighted by atomic mass is 10.0. The predicted octanol–water partition coefficient (Wildman–Crippen LogP) is 1.30. The van der Waals surface area contributed by atoms with Crippen molar-refractivity contribution in [1.29, 1.82) is 0 Å². The molecular formula is C14H13F3N2O5S. The van der Waals surface area contributed by atoms with Crippen molar-refractivity contribution in [3.8, 4) is 0 Å². The van der Waals surface area contributed by atoms with Crippen molar-refractivity contribution in [2.75, 3.05) is 26.2 Å². The average molecular weight is 378 g/mol. The lowest BCUT2D eigenvalue weighted by Gasteiger charge is -2.39. The molecule has 2 aliphatic heterocycles. The molecule has 1 aromatic carbocycles. The number of sulfonamides is 1. The molecular weight excluding hydrogens is 365 g/mol. The number of alkyl halides is 3. The highest BCUT2D eigenvalue weighted by molar-refractivity contribution is 7.89. The normalized spacial score (nSPS) is 19.9. The summed E-state index contributed by atoms with van der Waals surface area (Å²) >= 11 is 0. The van der Waals surface area contributed by atoms with E-state index in [1.165, 1.54) is 0 Å². The summed E-state index contributed by atoms with van der Waals surface area (Å²) in [6.07, 6.45) is -5.30. The van der Waals surface area contributed by atoms with E-state index in [-0.39, 0.29) is 37.1 Å². The van der Waals surface area contributed by atoms with Crippen molar-refractivity contribution in [3.63, 3.8) is 0 Å². The second kappa shape index (κ2) is 5.99. The molecule has 0 bridgehead atoms. The van der Waals surface area contributed by atoms with E-state index in [1.54, 1.807) is 0 Å². The Morgan fingerprint density at radius 3 is 2.20 bits per heavy atom. The van der Waals surface area contributed by atoms with Crippen LogP contribution in [0.3, 0.4) is 0 Å². The molecule has 2 fully saturated rings. The van der Waals surface area contributed by atoms with E-state index in [2.05, 4.69) is 4.74 Å². The van der Waals surface area contributed by atoms with Crippen LogP contribution in [0.4, 0.5) is 18.0 Å². The molecule has 3 rings (SSSR count). The van der Waals surface area contributed by atoms with Crippen molar-refractivity contribution in [2.24, 2.45) is 5.92 Å². The highest BCUT2D eigenvalue weighted by Crippen LogP contribution is 2.31. The van der Waals surface area contributed by atoms with E-state index in [4.69, 9.17) is 0 Å².